The smallest absolute Gasteiger partial charge is 0.416 e. The first kappa shape index (κ1) is 23.0. The molecule has 2 heterocycles. The summed E-state index contributed by atoms with van der Waals surface area (Å²) < 4.78 is 41.3. The van der Waals surface area contributed by atoms with Crippen molar-refractivity contribution in [3.05, 3.63) is 86.2 Å². The molecule has 1 aliphatic heterocycles. The van der Waals surface area contributed by atoms with Gasteiger partial charge in [0.05, 0.1) is 22.0 Å². The van der Waals surface area contributed by atoms with Crippen LogP contribution in [0.15, 0.2) is 59.3 Å². The molecule has 0 spiro atoms. The third-order valence-electron chi connectivity index (χ3n) is 5.08. The molecule has 33 heavy (non-hydrogen) atoms. The summed E-state index contributed by atoms with van der Waals surface area (Å²) >= 11 is 7.05. The molecule has 0 fully saturated rings. The molecular formula is C23H18ClF3N4OS. The van der Waals surface area contributed by atoms with Gasteiger partial charge < -0.3 is 10.0 Å². The van der Waals surface area contributed by atoms with E-state index in [0.29, 0.717) is 32.7 Å². The van der Waals surface area contributed by atoms with Crippen molar-refractivity contribution < 1.29 is 18.3 Å². The van der Waals surface area contributed by atoms with Crippen LogP contribution < -0.4 is 15.5 Å². The van der Waals surface area contributed by atoms with Crippen molar-refractivity contribution in [2.24, 2.45) is 10.2 Å². The lowest BCUT2D eigenvalue weighted by Crippen LogP contribution is -2.17. The predicted molar refractivity (Wildman–Crippen MR) is 125 cm³/mol. The van der Waals surface area contributed by atoms with E-state index in [4.69, 9.17) is 11.6 Å². The predicted octanol–water partition coefficient (Wildman–Crippen LogP) is 4.55. The fraction of sp³-hybridized carbons (Fsp3) is 0.174. The van der Waals surface area contributed by atoms with Crippen LogP contribution in [0.5, 0.6) is 5.88 Å². The molecule has 0 saturated heterocycles. The summed E-state index contributed by atoms with van der Waals surface area (Å²) in [5.41, 5.74) is 0.456. The molecule has 0 saturated carbocycles. The number of aromatic hydroxyl groups is 1. The Labute approximate surface area is 196 Å². The van der Waals surface area contributed by atoms with Crippen molar-refractivity contribution in [3.8, 4) is 5.88 Å². The molecule has 1 aliphatic rings. The standard InChI is InChI=1S/C23H18ClF3N4OS/c1-3-8-31(2)22-29-21(32)20(33-22)17(13-5-7-19-15(9-13)12-28-30-19)10-14-4-6-16(24)11-18(14)23(25,26)27/h3-7,9,11-12,32H,1,8,10H2,2H3. The third-order valence-corrected chi connectivity index (χ3v) is 6.54. The minimum atomic E-state index is -4.58. The van der Waals surface area contributed by atoms with E-state index in [-0.39, 0.29) is 22.9 Å². The molecule has 1 aromatic heterocycles. The van der Waals surface area contributed by atoms with Gasteiger partial charge in [0.2, 0.25) is 5.88 Å². The summed E-state index contributed by atoms with van der Waals surface area (Å²) in [7, 11) is 1.79. The maximum Gasteiger partial charge on any atom is 0.416 e. The number of aromatic nitrogens is 1. The van der Waals surface area contributed by atoms with Gasteiger partial charge in [0.15, 0.2) is 5.13 Å². The average molecular weight is 491 g/mol. The van der Waals surface area contributed by atoms with Crippen molar-refractivity contribution in [2.45, 2.75) is 12.6 Å². The van der Waals surface area contributed by atoms with Crippen LogP contribution in [-0.2, 0) is 12.6 Å². The maximum absolute atomic E-state index is 13.8. The van der Waals surface area contributed by atoms with Crippen molar-refractivity contribution in [2.75, 3.05) is 18.5 Å². The Kier molecular flexibility index (Phi) is 6.27. The molecule has 0 aliphatic carbocycles. The Morgan fingerprint density at radius 3 is 2.76 bits per heavy atom. The number of likely N-dealkylation sites (N-methyl/N-ethyl adjacent to an activating group) is 1. The lowest BCUT2D eigenvalue weighted by molar-refractivity contribution is -0.138. The quantitative estimate of drug-likeness (QED) is 0.516. The number of benzene rings is 2. The molecule has 0 bridgehead atoms. The summed E-state index contributed by atoms with van der Waals surface area (Å²) in [4.78, 5) is 6.39. The van der Waals surface area contributed by atoms with Crippen molar-refractivity contribution in [3.63, 3.8) is 0 Å². The molecule has 5 nitrogen and oxygen atoms in total. The van der Waals surface area contributed by atoms with Crippen LogP contribution in [0.25, 0.3) is 5.57 Å². The molecule has 0 radical (unpaired) electrons. The molecule has 0 amide bonds. The van der Waals surface area contributed by atoms with Crippen LogP contribution in [-0.4, -0.2) is 29.9 Å². The van der Waals surface area contributed by atoms with Gasteiger partial charge in [0.25, 0.3) is 0 Å². The van der Waals surface area contributed by atoms with Crippen LogP contribution >= 0.6 is 22.9 Å². The number of fused-ring (bicyclic) bond motifs is 1. The highest BCUT2D eigenvalue weighted by Crippen LogP contribution is 2.39. The second-order valence-corrected chi connectivity index (χ2v) is 8.81. The maximum atomic E-state index is 13.8. The number of nitrogens with zero attached hydrogens (tertiary/aromatic N) is 4. The summed E-state index contributed by atoms with van der Waals surface area (Å²) in [6.45, 7) is 4.19. The van der Waals surface area contributed by atoms with Gasteiger partial charge in [-0.25, -0.2) is 0 Å². The van der Waals surface area contributed by atoms with Crippen LogP contribution in [0.2, 0.25) is 5.02 Å². The normalized spacial score (nSPS) is 13.5. The Hall–Kier alpha value is -3.17. The minimum Gasteiger partial charge on any atom is -0.492 e. The zero-order chi connectivity index (χ0) is 23.8. The van der Waals surface area contributed by atoms with Gasteiger partial charge >= 0.3 is 6.18 Å². The lowest BCUT2D eigenvalue weighted by Gasteiger charge is -2.15. The first-order valence-corrected chi connectivity index (χ1v) is 11.0. The van der Waals surface area contributed by atoms with Gasteiger partial charge in [-0.1, -0.05) is 41.1 Å². The molecule has 4 rings (SSSR count). The highest BCUT2D eigenvalue weighted by molar-refractivity contribution is 7.17. The average Bonchev–Trinajstić information content (AvgIpc) is 3.38. The lowest BCUT2D eigenvalue weighted by atomic mass is 9.96. The first-order chi connectivity index (χ1) is 15.7. The molecule has 0 unspecified atom stereocenters. The zero-order valence-electron chi connectivity index (χ0n) is 17.4. The Morgan fingerprint density at radius 1 is 1.24 bits per heavy atom. The van der Waals surface area contributed by atoms with Crippen LogP contribution in [0, 0.1) is 0 Å². The van der Waals surface area contributed by atoms with E-state index in [0.717, 1.165) is 11.6 Å². The highest BCUT2D eigenvalue weighted by Gasteiger charge is 2.34. The summed E-state index contributed by atoms with van der Waals surface area (Å²) in [5, 5.41) is 20.4. The number of hydrogen-bond acceptors (Lipinski definition) is 6. The molecule has 0 atom stereocenters. The van der Waals surface area contributed by atoms with Crippen molar-refractivity contribution in [1.82, 2.24) is 4.98 Å². The van der Waals surface area contributed by atoms with Crippen LogP contribution in [0.3, 0.4) is 0 Å². The summed E-state index contributed by atoms with van der Waals surface area (Å²) in [5.74, 6) is -0.248. The Bertz CT molecular complexity index is 1380. The van der Waals surface area contributed by atoms with E-state index in [9.17, 15) is 18.3 Å². The molecule has 170 valence electrons. The molecule has 3 aromatic rings. The van der Waals surface area contributed by atoms with Crippen LogP contribution in [0.1, 0.15) is 21.6 Å². The molecule has 10 heteroatoms. The van der Waals surface area contributed by atoms with Gasteiger partial charge in [-0.3, -0.25) is 0 Å². The number of thiazole rings is 1. The second-order valence-electron chi connectivity index (χ2n) is 7.39. The van der Waals surface area contributed by atoms with E-state index < -0.39 is 11.7 Å². The number of halogens is 4. The third kappa shape index (κ3) is 4.79. The van der Waals surface area contributed by atoms with Gasteiger partial charge in [-0.2, -0.15) is 28.4 Å². The van der Waals surface area contributed by atoms with Gasteiger partial charge in [0.1, 0.15) is 0 Å². The van der Waals surface area contributed by atoms with Crippen molar-refractivity contribution in [1.29, 1.82) is 0 Å². The minimum absolute atomic E-state index is 0.00282. The second kappa shape index (κ2) is 8.99. The van der Waals surface area contributed by atoms with Gasteiger partial charge in [-0.05, 0) is 40.6 Å². The van der Waals surface area contributed by atoms with Crippen LogP contribution in [0.4, 0.5) is 18.3 Å². The van der Waals surface area contributed by atoms with Gasteiger partial charge in [-0.15, -0.1) is 6.58 Å². The topological polar surface area (TPSA) is 61.1 Å². The largest absolute Gasteiger partial charge is 0.492 e. The molecular weight excluding hydrogens is 473 g/mol. The monoisotopic (exact) mass is 490 g/mol. The summed E-state index contributed by atoms with van der Waals surface area (Å²) in [6, 6.07) is 8.99. The number of rotatable bonds is 6. The molecule has 2 aromatic carbocycles. The SMILES string of the molecule is C=CCN(C)c1nc(O)c(C(Cc2ccc(Cl)cc2C(F)(F)F)=c2ccc3c(c2)C=NN=3)s1. The van der Waals surface area contributed by atoms with Gasteiger partial charge in [0, 0.05) is 30.6 Å². The Morgan fingerprint density at radius 2 is 2.03 bits per heavy atom. The number of anilines is 1. The summed E-state index contributed by atoms with van der Waals surface area (Å²) in [6.07, 6.45) is -1.41. The number of alkyl halides is 3. The van der Waals surface area contributed by atoms with E-state index in [1.807, 2.05) is 0 Å². The highest BCUT2D eigenvalue weighted by atomic mass is 35.5. The zero-order valence-corrected chi connectivity index (χ0v) is 19.0. The number of hydrogen-bond donors (Lipinski definition) is 1. The molecule has 1 N–H and O–H groups in total. The van der Waals surface area contributed by atoms with E-state index >= 15 is 0 Å². The van der Waals surface area contributed by atoms with E-state index in [2.05, 4.69) is 21.8 Å². The Balaban J connectivity index is 1.92. The van der Waals surface area contributed by atoms with Crippen molar-refractivity contribution >= 4 is 39.9 Å². The fourth-order valence-corrected chi connectivity index (χ4v) is 4.66. The van der Waals surface area contributed by atoms with E-state index in [1.54, 1.807) is 42.4 Å². The first-order valence-electron chi connectivity index (χ1n) is 9.79. The fourth-order valence-electron chi connectivity index (χ4n) is 3.49. The van der Waals surface area contributed by atoms with E-state index in [1.165, 1.54) is 23.5 Å².